The zero-order chi connectivity index (χ0) is 21.7. The van der Waals surface area contributed by atoms with Crippen molar-refractivity contribution in [3.8, 4) is 11.3 Å². The second-order valence-corrected chi connectivity index (χ2v) is 11.1. The summed E-state index contributed by atoms with van der Waals surface area (Å²) in [6.45, 7) is 0.0181. The number of imidazole rings is 1. The Bertz CT molecular complexity index is 1100. The predicted octanol–water partition coefficient (Wildman–Crippen LogP) is 4.72. The van der Waals surface area contributed by atoms with Gasteiger partial charge in [-0.1, -0.05) is 12.1 Å². The summed E-state index contributed by atoms with van der Waals surface area (Å²) in [4.78, 5) is 30.6. The van der Waals surface area contributed by atoms with Crippen LogP contribution in [0.3, 0.4) is 0 Å². The molecule has 7 heteroatoms. The lowest BCUT2D eigenvalue weighted by Gasteiger charge is -2.56. The summed E-state index contributed by atoms with van der Waals surface area (Å²) in [5.41, 5.74) is 2.83. The van der Waals surface area contributed by atoms with Crippen LogP contribution in [-0.2, 0) is 9.59 Å². The fourth-order valence-corrected chi connectivity index (χ4v) is 7.58. The summed E-state index contributed by atoms with van der Waals surface area (Å²) < 4.78 is 2.00. The van der Waals surface area contributed by atoms with Crippen LogP contribution in [-0.4, -0.2) is 27.7 Å². The molecule has 0 spiro atoms. The molecule has 4 fully saturated rings. The third kappa shape index (κ3) is 3.83. The number of thiazole rings is 1. The summed E-state index contributed by atoms with van der Waals surface area (Å²) in [7, 11) is 0. The maximum absolute atomic E-state index is 12.6. The number of amides is 2. The summed E-state index contributed by atoms with van der Waals surface area (Å²) in [5, 5.41) is 7.75. The molecule has 32 heavy (non-hydrogen) atoms. The van der Waals surface area contributed by atoms with Crippen LogP contribution >= 0.6 is 11.3 Å². The van der Waals surface area contributed by atoms with Gasteiger partial charge in [0.05, 0.1) is 12.2 Å². The molecule has 0 atom stereocenters. The number of hydrogen-bond acceptors (Lipinski definition) is 4. The van der Waals surface area contributed by atoms with Gasteiger partial charge in [0.25, 0.3) is 0 Å². The molecule has 2 N–H and O–H groups in total. The van der Waals surface area contributed by atoms with Crippen LogP contribution in [0, 0.1) is 23.2 Å². The molecule has 2 aromatic heterocycles. The van der Waals surface area contributed by atoms with Gasteiger partial charge in [-0.25, -0.2) is 4.98 Å². The molecule has 4 saturated carbocycles. The summed E-state index contributed by atoms with van der Waals surface area (Å²) >= 11 is 1.60. The normalized spacial score (nSPS) is 28.2. The Morgan fingerprint density at radius 1 is 1.03 bits per heavy atom. The third-order valence-corrected chi connectivity index (χ3v) is 8.48. The van der Waals surface area contributed by atoms with Crippen molar-refractivity contribution in [3.63, 3.8) is 0 Å². The average Bonchev–Trinajstić information content (AvgIpc) is 3.34. The number of carbonyl (C=O) groups excluding carboxylic acids is 2. The quantitative estimate of drug-likeness (QED) is 0.573. The Labute approximate surface area is 191 Å². The maximum atomic E-state index is 12.6. The fraction of sp³-hybridized carbons (Fsp3) is 0.480. The molecule has 166 valence electrons. The first kappa shape index (κ1) is 20.0. The molecule has 0 saturated heterocycles. The topological polar surface area (TPSA) is 75.5 Å². The average molecular weight is 449 g/mol. The van der Waals surface area contributed by atoms with Crippen molar-refractivity contribution in [1.29, 1.82) is 0 Å². The Hall–Kier alpha value is -2.67. The van der Waals surface area contributed by atoms with E-state index in [0.717, 1.165) is 39.7 Å². The highest BCUT2D eigenvalue weighted by atomic mass is 32.1. The molecule has 2 heterocycles. The van der Waals surface area contributed by atoms with Gasteiger partial charge in [0.2, 0.25) is 11.8 Å². The number of carbonyl (C=O) groups is 2. The number of nitrogens with one attached hydrogen (secondary N) is 2. The Balaban J connectivity index is 1.01. The van der Waals surface area contributed by atoms with Crippen molar-refractivity contribution in [2.75, 3.05) is 11.9 Å². The van der Waals surface area contributed by atoms with Crippen LogP contribution < -0.4 is 10.6 Å². The molecule has 6 nitrogen and oxygen atoms in total. The molecule has 7 rings (SSSR count). The van der Waals surface area contributed by atoms with Gasteiger partial charge >= 0.3 is 0 Å². The standard InChI is InChI=1S/C25H28N4O2S/c30-22(13-25-10-16-7-17(11-25)9-18(8-16)12-25)26-14-23(31)27-20-3-1-19(2-4-20)21-15-29-5-6-32-24(29)28-21/h1-6,15-18H,7-14H2,(H,26,30)(H,27,31). The highest BCUT2D eigenvalue weighted by Crippen LogP contribution is 2.61. The molecular formula is C25H28N4O2S. The van der Waals surface area contributed by atoms with Gasteiger partial charge in [-0.3, -0.25) is 14.0 Å². The molecule has 0 radical (unpaired) electrons. The Morgan fingerprint density at radius 2 is 1.72 bits per heavy atom. The van der Waals surface area contributed by atoms with Crippen LogP contribution in [0.1, 0.15) is 44.9 Å². The number of nitrogens with zero attached hydrogens (tertiary/aromatic N) is 2. The first-order chi connectivity index (χ1) is 15.5. The zero-order valence-electron chi connectivity index (χ0n) is 18.0. The van der Waals surface area contributed by atoms with Crippen molar-refractivity contribution in [2.24, 2.45) is 23.2 Å². The van der Waals surface area contributed by atoms with Crippen molar-refractivity contribution in [2.45, 2.75) is 44.9 Å². The minimum absolute atomic E-state index is 0.0181. The number of benzene rings is 1. The first-order valence-electron chi connectivity index (χ1n) is 11.6. The van der Waals surface area contributed by atoms with Crippen molar-refractivity contribution >= 4 is 33.8 Å². The Kier molecular flexibility index (Phi) is 4.82. The van der Waals surface area contributed by atoms with Crippen LogP contribution in [0.2, 0.25) is 0 Å². The lowest BCUT2D eigenvalue weighted by molar-refractivity contribution is -0.131. The first-order valence-corrected chi connectivity index (χ1v) is 12.5. The van der Waals surface area contributed by atoms with E-state index in [-0.39, 0.29) is 23.8 Å². The van der Waals surface area contributed by atoms with Gasteiger partial charge in [0.15, 0.2) is 4.96 Å². The zero-order valence-corrected chi connectivity index (χ0v) is 18.9. The van der Waals surface area contributed by atoms with E-state index in [2.05, 4.69) is 15.6 Å². The van der Waals surface area contributed by atoms with Gasteiger partial charge in [-0.05, 0) is 73.8 Å². The van der Waals surface area contributed by atoms with Crippen LogP contribution in [0.25, 0.3) is 16.2 Å². The molecule has 0 unspecified atom stereocenters. The Morgan fingerprint density at radius 3 is 2.38 bits per heavy atom. The van der Waals surface area contributed by atoms with Crippen molar-refractivity contribution in [3.05, 3.63) is 42.0 Å². The number of anilines is 1. The van der Waals surface area contributed by atoms with Crippen molar-refractivity contribution < 1.29 is 9.59 Å². The largest absolute Gasteiger partial charge is 0.347 e. The van der Waals surface area contributed by atoms with E-state index in [0.29, 0.717) is 6.42 Å². The minimum atomic E-state index is -0.195. The van der Waals surface area contributed by atoms with Crippen molar-refractivity contribution in [1.82, 2.24) is 14.7 Å². The second-order valence-electron chi connectivity index (χ2n) is 10.2. The van der Waals surface area contributed by atoms with E-state index in [1.165, 1.54) is 38.5 Å². The van der Waals surface area contributed by atoms with Gasteiger partial charge in [0, 0.05) is 35.4 Å². The molecule has 0 aliphatic heterocycles. The third-order valence-electron chi connectivity index (χ3n) is 7.70. The highest BCUT2D eigenvalue weighted by molar-refractivity contribution is 7.15. The predicted molar refractivity (Wildman–Crippen MR) is 125 cm³/mol. The monoisotopic (exact) mass is 448 g/mol. The summed E-state index contributed by atoms with van der Waals surface area (Å²) in [6.07, 6.45) is 12.3. The van der Waals surface area contributed by atoms with Gasteiger partial charge in [-0.15, -0.1) is 11.3 Å². The SMILES string of the molecule is O=C(CC12CC3CC(CC(C3)C1)C2)NCC(=O)Nc1ccc(-c2cn3ccsc3n2)cc1. The summed E-state index contributed by atoms with van der Waals surface area (Å²) in [5.74, 6) is 2.33. The van der Waals surface area contributed by atoms with E-state index in [1.54, 1.807) is 11.3 Å². The molecule has 3 aromatic rings. The smallest absolute Gasteiger partial charge is 0.243 e. The van der Waals surface area contributed by atoms with Gasteiger partial charge in [0.1, 0.15) is 0 Å². The molecule has 1 aromatic carbocycles. The van der Waals surface area contributed by atoms with Gasteiger partial charge in [-0.2, -0.15) is 0 Å². The molecule has 4 bridgehead atoms. The van der Waals surface area contributed by atoms with Crippen LogP contribution in [0.15, 0.2) is 42.0 Å². The van der Waals surface area contributed by atoms with Gasteiger partial charge < -0.3 is 10.6 Å². The molecular weight excluding hydrogens is 420 g/mol. The fourth-order valence-electron chi connectivity index (χ4n) is 6.88. The minimum Gasteiger partial charge on any atom is -0.347 e. The number of fused-ring (bicyclic) bond motifs is 1. The maximum Gasteiger partial charge on any atom is 0.243 e. The number of aromatic nitrogens is 2. The lowest BCUT2D eigenvalue weighted by Crippen LogP contribution is -2.48. The van der Waals surface area contributed by atoms with E-state index in [1.807, 2.05) is 46.4 Å². The summed E-state index contributed by atoms with van der Waals surface area (Å²) in [6, 6.07) is 7.65. The van der Waals surface area contributed by atoms with E-state index in [9.17, 15) is 9.59 Å². The van der Waals surface area contributed by atoms with Crippen LogP contribution in [0.5, 0.6) is 0 Å². The second kappa shape index (κ2) is 7.73. The lowest BCUT2D eigenvalue weighted by atomic mass is 9.49. The van der Waals surface area contributed by atoms with Crippen LogP contribution in [0.4, 0.5) is 5.69 Å². The molecule has 2 amide bonds. The highest BCUT2D eigenvalue weighted by Gasteiger charge is 2.51. The van der Waals surface area contributed by atoms with E-state index < -0.39 is 0 Å². The van der Waals surface area contributed by atoms with E-state index in [4.69, 9.17) is 0 Å². The number of hydrogen-bond donors (Lipinski definition) is 2. The molecule has 4 aliphatic carbocycles. The van der Waals surface area contributed by atoms with E-state index >= 15 is 0 Å². The number of rotatable bonds is 6. The molecule has 4 aliphatic rings.